The number of nitrogens with zero attached hydrogens (tertiary/aromatic N) is 2. The van der Waals surface area contributed by atoms with Gasteiger partial charge in [0.25, 0.3) is 5.91 Å². The summed E-state index contributed by atoms with van der Waals surface area (Å²) in [5.41, 5.74) is 10.8. The molecule has 1 atom stereocenters. The molecule has 0 saturated heterocycles. The largest absolute Gasteiger partial charge is 0.272 e. The molecule has 4 heteroatoms. The number of rotatable bonds is 3. The van der Waals surface area contributed by atoms with Crippen LogP contribution in [0, 0.1) is 5.92 Å². The molecule has 0 saturated carbocycles. The Kier molecular flexibility index (Phi) is 4.39. The van der Waals surface area contributed by atoms with Gasteiger partial charge in [0.15, 0.2) is 0 Å². The minimum atomic E-state index is -0.232. The fourth-order valence-corrected chi connectivity index (χ4v) is 5.53. The van der Waals surface area contributed by atoms with Gasteiger partial charge < -0.3 is 0 Å². The number of nitrogens with one attached hydrogen (secondary N) is 1. The van der Waals surface area contributed by atoms with E-state index in [1.54, 1.807) is 6.20 Å². The lowest BCUT2D eigenvalue weighted by Crippen LogP contribution is -2.36. The van der Waals surface area contributed by atoms with E-state index in [1.165, 1.54) is 22.3 Å². The first-order valence-electron chi connectivity index (χ1n) is 11.1. The van der Waals surface area contributed by atoms with E-state index >= 15 is 0 Å². The Morgan fingerprint density at radius 3 is 2.25 bits per heavy atom. The predicted octanol–water partition coefficient (Wildman–Crippen LogP) is 5.64. The first kappa shape index (κ1) is 18.9. The van der Waals surface area contributed by atoms with Crippen molar-refractivity contribution in [1.29, 1.82) is 0 Å². The second kappa shape index (κ2) is 7.41. The van der Waals surface area contributed by atoms with E-state index in [0.717, 1.165) is 23.0 Å². The second-order valence-corrected chi connectivity index (χ2v) is 8.74. The summed E-state index contributed by atoms with van der Waals surface area (Å²) in [4.78, 5) is 17.2. The van der Waals surface area contributed by atoms with Crippen molar-refractivity contribution in [1.82, 2.24) is 10.4 Å². The Morgan fingerprint density at radius 2 is 1.53 bits per heavy atom. The predicted molar refractivity (Wildman–Crippen MR) is 127 cm³/mol. The molecule has 0 aliphatic heterocycles. The number of hydrogen-bond acceptors (Lipinski definition) is 3. The van der Waals surface area contributed by atoms with Gasteiger partial charge in [0.1, 0.15) is 0 Å². The van der Waals surface area contributed by atoms with Crippen LogP contribution in [0.25, 0.3) is 10.9 Å². The van der Waals surface area contributed by atoms with Gasteiger partial charge in [-0.3, -0.25) is 9.78 Å². The smallest absolute Gasteiger partial charge is 0.267 e. The Labute approximate surface area is 187 Å². The molecule has 0 spiro atoms. The highest BCUT2D eigenvalue weighted by atomic mass is 16.2. The lowest BCUT2D eigenvalue weighted by atomic mass is 9.58. The number of benzene rings is 3. The maximum Gasteiger partial charge on any atom is 0.272 e. The second-order valence-electron chi connectivity index (χ2n) is 8.74. The maximum atomic E-state index is 12.8. The summed E-state index contributed by atoms with van der Waals surface area (Å²) in [5, 5.41) is 5.50. The molecule has 2 bridgehead atoms. The summed E-state index contributed by atoms with van der Waals surface area (Å²) in [6.45, 7) is 2.04. The summed E-state index contributed by atoms with van der Waals surface area (Å²) in [7, 11) is 0. The van der Waals surface area contributed by atoms with Gasteiger partial charge in [0.05, 0.1) is 11.1 Å². The van der Waals surface area contributed by atoms with Crippen LogP contribution in [0.3, 0.4) is 0 Å². The highest BCUT2D eigenvalue weighted by molar-refractivity contribution is 5.98. The number of pyridine rings is 1. The topological polar surface area (TPSA) is 54.4 Å². The molecule has 1 unspecified atom stereocenters. The lowest BCUT2D eigenvalue weighted by Gasteiger charge is -2.45. The van der Waals surface area contributed by atoms with Gasteiger partial charge in [-0.25, -0.2) is 5.43 Å². The van der Waals surface area contributed by atoms with E-state index in [2.05, 4.69) is 64.0 Å². The highest BCUT2D eigenvalue weighted by Crippen LogP contribution is 2.55. The molecule has 1 N–H and O–H groups in total. The fourth-order valence-electron chi connectivity index (χ4n) is 5.53. The number of para-hydroxylation sites is 1. The van der Waals surface area contributed by atoms with Crippen molar-refractivity contribution in [2.24, 2.45) is 11.0 Å². The molecule has 1 heterocycles. The van der Waals surface area contributed by atoms with Crippen LogP contribution in [0.4, 0.5) is 0 Å². The number of hydrazone groups is 1. The number of aromatic nitrogens is 1. The zero-order valence-electron chi connectivity index (χ0n) is 17.8. The molecule has 32 heavy (non-hydrogen) atoms. The molecule has 3 aromatic carbocycles. The fraction of sp³-hybridized carbons (Fsp3) is 0.179. The van der Waals surface area contributed by atoms with E-state index in [9.17, 15) is 4.79 Å². The molecule has 4 nitrogen and oxygen atoms in total. The quantitative estimate of drug-likeness (QED) is 0.347. The van der Waals surface area contributed by atoms with E-state index in [-0.39, 0.29) is 17.7 Å². The molecule has 3 aliphatic carbocycles. The molecular weight excluding hydrogens is 394 g/mol. The minimum Gasteiger partial charge on any atom is -0.267 e. The average molecular weight is 418 g/mol. The SMILES string of the molecule is C/C(=N\NC(=O)c1cnc2ccccc2c1)C1CC2c3ccccc3C1c1ccccc12. The van der Waals surface area contributed by atoms with E-state index < -0.39 is 0 Å². The van der Waals surface area contributed by atoms with Gasteiger partial charge in [-0.05, 0) is 47.7 Å². The van der Waals surface area contributed by atoms with Crippen LogP contribution >= 0.6 is 0 Å². The van der Waals surface area contributed by atoms with Crippen molar-refractivity contribution in [3.63, 3.8) is 0 Å². The van der Waals surface area contributed by atoms with Crippen LogP contribution in [0.2, 0.25) is 0 Å². The molecule has 7 rings (SSSR count). The van der Waals surface area contributed by atoms with E-state index in [1.807, 2.05) is 37.3 Å². The highest BCUT2D eigenvalue weighted by Gasteiger charge is 2.44. The van der Waals surface area contributed by atoms with Crippen LogP contribution in [0.15, 0.2) is 90.2 Å². The van der Waals surface area contributed by atoms with Crippen LogP contribution in [-0.4, -0.2) is 16.6 Å². The van der Waals surface area contributed by atoms with Crippen molar-refractivity contribution >= 4 is 22.5 Å². The maximum absolute atomic E-state index is 12.8. The van der Waals surface area contributed by atoms with Crippen LogP contribution < -0.4 is 5.43 Å². The standard InChI is InChI=1S/C28H23N3O/c1-17(30-31-28(32)19-14-18-8-2-7-13-26(18)29-16-19)24-15-25-20-9-3-5-11-22(20)27(24)23-12-6-4-10-21(23)25/h2-14,16,24-25,27H,15H2,1H3,(H,31,32)/b30-17+. The summed E-state index contributed by atoms with van der Waals surface area (Å²) < 4.78 is 0. The molecule has 4 aromatic rings. The van der Waals surface area contributed by atoms with Crippen LogP contribution in [0.1, 0.15) is 57.8 Å². The lowest BCUT2D eigenvalue weighted by molar-refractivity contribution is 0.0954. The molecule has 3 aliphatic rings. The summed E-state index contributed by atoms with van der Waals surface area (Å²) in [6.07, 6.45) is 2.62. The van der Waals surface area contributed by atoms with Gasteiger partial charge >= 0.3 is 0 Å². The average Bonchev–Trinajstić information content (AvgIpc) is 2.86. The van der Waals surface area contributed by atoms with E-state index in [4.69, 9.17) is 0 Å². The van der Waals surface area contributed by atoms with Crippen molar-refractivity contribution in [3.8, 4) is 0 Å². The van der Waals surface area contributed by atoms with Crippen molar-refractivity contribution in [3.05, 3.63) is 113 Å². The first-order chi connectivity index (χ1) is 15.7. The number of hydrogen-bond donors (Lipinski definition) is 1. The van der Waals surface area contributed by atoms with Gasteiger partial charge in [0.2, 0.25) is 0 Å². The van der Waals surface area contributed by atoms with Crippen molar-refractivity contribution in [2.75, 3.05) is 0 Å². The van der Waals surface area contributed by atoms with E-state index in [0.29, 0.717) is 11.5 Å². The van der Waals surface area contributed by atoms with Gasteiger partial charge in [0, 0.05) is 35.0 Å². The number of carbonyl (C=O) groups excluding carboxylic acids is 1. The van der Waals surface area contributed by atoms with Gasteiger partial charge in [-0.2, -0.15) is 5.10 Å². The zero-order valence-corrected chi connectivity index (χ0v) is 17.8. The zero-order chi connectivity index (χ0) is 21.7. The third kappa shape index (κ3) is 2.94. The van der Waals surface area contributed by atoms with Gasteiger partial charge in [-0.1, -0.05) is 66.7 Å². The monoisotopic (exact) mass is 417 g/mol. The Morgan fingerprint density at radius 1 is 0.906 bits per heavy atom. The molecule has 0 fully saturated rings. The Hall–Kier alpha value is -3.79. The summed E-state index contributed by atoms with van der Waals surface area (Å²) >= 11 is 0. The third-order valence-electron chi connectivity index (χ3n) is 7.03. The number of amides is 1. The molecule has 156 valence electrons. The molecule has 1 aromatic heterocycles. The minimum absolute atomic E-state index is 0.232. The van der Waals surface area contributed by atoms with Crippen LogP contribution in [0.5, 0.6) is 0 Å². The summed E-state index contributed by atoms with van der Waals surface area (Å²) in [6, 6.07) is 27.2. The normalized spacial score (nSPS) is 21.2. The number of fused-ring (bicyclic) bond motifs is 2. The summed E-state index contributed by atoms with van der Waals surface area (Å²) in [5.74, 6) is 0.683. The van der Waals surface area contributed by atoms with Crippen LogP contribution in [-0.2, 0) is 0 Å². The number of carbonyl (C=O) groups is 1. The van der Waals surface area contributed by atoms with Crippen molar-refractivity contribution in [2.45, 2.75) is 25.2 Å². The molecule has 1 amide bonds. The molecular formula is C28H23N3O. The van der Waals surface area contributed by atoms with Crippen molar-refractivity contribution < 1.29 is 4.79 Å². The Bertz CT molecular complexity index is 1340. The molecule has 0 radical (unpaired) electrons. The first-order valence-corrected chi connectivity index (χ1v) is 11.1. The van der Waals surface area contributed by atoms with Gasteiger partial charge in [-0.15, -0.1) is 0 Å². The third-order valence-corrected chi connectivity index (χ3v) is 7.03. The Balaban J connectivity index is 1.30.